The van der Waals surface area contributed by atoms with Crippen LogP contribution in [0.4, 0.5) is 0 Å². The van der Waals surface area contributed by atoms with Crippen LogP contribution in [0, 0.1) is 18.8 Å². The van der Waals surface area contributed by atoms with Gasteiger partial charge in [-0.15, -0.1) is 0 Å². The molecule has 0 N–H and O–H groups in total. The Morgan fingerprint density at radius 1 is 1.54 bits per heavy atom. The summed E-state index contributed by atoms with van der Waals surface area (Å²) in [4.78, 5) is 4.19. The second-order valence-electron chi connectivity index (χ2n) is 2.45. The van der Waals surface area contributed by atoms with Crippen LogP contribution in [0.1, 0.15) is 11.3 Å². The minimum absolute atomic E-state index is 0.561. The van der Waals surface area contributed by atoms with Gasteiger partial charge in [0.2, 0.25) is 5.88 Å². The summed E-state index contributed by atoms with van der Waals surface area (Å²) in [7, 11) is 1.60. The molecule has 0 aliphatic carbocycles. The summed E-state index contributed by atoms with van der Waals surface area (Å²) in [5.74, 6) is 7.03. The molecule has 2 nitrogen and oxygen atoms in total. The van der Waals surface area contributed by atoms with Crippen LogP contribution in [0.25, 0.3) is 0 Å². The van der Waals surface area contributed by atoms with Gasteiger partial charge in [-0.1, -0.05) is 11.8 Å². The number of hydrogen-bond acceptors (Lipinski definition) is 3. The lowest BCUT2D eigenvalue weighted by atomic mass is 10.2. The first kappa shape index (κ1) is 9.94. The van der Waals surface area contributed by atoms with Crippen LogP contribution < -0.4 is 4.74 Å². The summed E-state index contributed by atoms with van der Waals surface area (Å²) in [6, 6.07) is 3.70. The molecule has 68 valence electrons. The van der Waals surface area contributed by atoms with E-state index in [0.717, 1.165) is 11.3 Å². The Morgan fingerprint density at radius 2 is 2.31 bits per heavy atom. The van der Waals surface area contributed by atoms with E-state index in [4.69, 9.17) is 4.74 Å². The van der Waals surface area contributed by atoms with Gasteiger partial charge in [0.05, 0.1) is 18.6 Å². The number of thiol groups is 1. The van der Waals surface area contributed by atoms with E-state index in [1.807, 2.05) is 13.0 Å². The van der Waals surface area contributed by atoms with Crippen molar-refractivity contribution in [3.63, 3.8) is 0 Å². The van der Waals surface area contributed by atoms with E-state index in [1.54, 1.807) is 13.2 Å². The quantitative estimate of drug-likeness (QED) is 0.541. The number of hydrogen-bond donors (Lipinski definition) is 1. The molecule has 1 aromatic rings. The van der Waals surface area contributed by atoms with Crippen molar-refractivity contribution in [2.45, 2.75) is 6.92 Å². The van der Waals surface area contributed by atoms with E-state index in [-0.39, 0.29) is 0 Å². The van der Waals surface area contributed by atoms with E-state index in [1.165, 1.54) is 0 Å². The molecule has 1 rings (SSSR count). The summed E-state index contributed by atoms with van der Waals surface area (Å²) in [6.07, 6.45) is 0. The number of pyridine rings is 1. The molecule has 0 spiro atoms. The number of rotatable bonds is 1. The standard InChI is InChI=1S/C10H11NOS/c1-8-9(4-3-7-13)5-6-10(11-8)12-2/h5-6,13H,7H2,1-2H3. The molecular weight excluding hydrogens is 182 g/mol. The Bertz CT molecular complexity index is 352. The van der Waals surface area contributed by atoms with Gasteiger partial charge in [-0.25, -0.2) is 4.98 Å². The number of aromatic nitrogens is 1. The van der Waals surface area contributed by atoms with Crippen LogP contribution in [0.2, 0.25) is 0 Å². The van der Waals surface area contributed by atoms with Crippen molar-refractivity contribution < 1.29 is 4.74 Å². The zero-order valence-electron chi connectivity index (χ0n) is 7.66. The van der Waals surface area contributed by atoms with Gasteiger partial charge in [0, 0.05) is 11.6 Å². The highest BCUT2D eigenvalue weighted by atomic mass is 32.1. The third kappa shape index (κ3) is 2.67. The van der Waals surface area contributed by atoms with Gasteiger partial charge in [0.25, 0.3) is 0 Å². The molecule has 0 unspecified atom stereocenters. The van der Waals surface area contributed by atoms with Gasteiger partial charge in [-0.05, 0) is 13.0 Å². The maximum absolute atomic E-state index is 4.98. The van der Waals surface area contributed by atoms with Crippen molar-refractivity contribution in [1.29, 1.82) is 0 Å². The molecule has 0 amide bonds. The summed E-state index contributed by atoms with van der Waals surface area (Å²) < 4.78 is 4.98. The average molecular weight is 193 g/mol. The smallest absolute Gasteiger partial charge is 0.213 e. The third-order valence-electron chi connectivity index (χ3n) is 1.57. The van der Waals surface area contributed by atoms with Crippen molar-refractivity contribution in [3.8, 4) is 17.7 Å². The minimum atomic E-state index is 0.561. The second kappa shape index (κ2) is 4.78. The van der Waals surface area contributed by atoms with Crippen molar-refractivity contribution in [2.75, 3.05) is 12.9 Å². The first-order chi connectivity index (χ1) is 6.27. The van der Waals surface area contributed by atoms with Gasteiger partial charge in [-0.2, -0.15) is 12.6 Å². The summed E-state index contributed by atoms with van der Waals surface area (Å²) in [5.41, 5.74) is 1.81. The van der Waals surface area contributed by atoms with Crippen molar-refractivity contribution in [3.05, 3.63) is 23.4 Å². The van der Waals surface area contributed by atoms with Gasteiger partial charge in [-0.3, -0.25) is 0 Å². The fourth-order valence-electron chi connectivity index (χ4n) is 0.919. The lowest BCUT2D eigenvalue weighted by Gasteiger charge is -2.00. The van der Waals surface area contributed by atoms with Gasteiger partial charge < -0.3 is 4.74 Å². The van der Waals surface area contributed by atoms with Crippen LogP contribution in [0.15, 0.2) is 12.1 Å². The molecule has 0 aliphatic rings. The highest BCUT2D eigenvalue weighted by Crippen LogP contribution is 2.10. The van der Waals surface area contributed by atoms with Crippen LogP contribution in [0.5, 0.6) is 5.88 Å². The summed E-state index contributed by atoms with van der Waals surface area (Å²) in [6.45, 7) is 1.91. The normalized spacial score (nSPS) is 8.85. The molecule has 3 heteroatoms. The molecule has 13 heavy (non-hydrogen) atoms. The number of nitrogens with zero attached hydrogens (tertiary/aromatic N) is 1. The maximum Gasteiger partial charge on any atom is 0.213 e. The fourth-order valence-corrected chi connectivity index (χ4v) is 0.998. The SMILES string of the molecule is COc1ccc(C#CCS)c(C)n1. The van der Waals surface area contributed by atoms with E-state index in [2.05, 4.69) is 29.5 Å². The zero-order chi connectivity index (χ0) is 9.68. The van der Waals surface area contributed by atoms with Gasteiger partial charge in [0.15, 0.2) is 0 Å². The number of ether oxygens (including phenoxy) is 1. The molecule has 1 heterocycles. The van der Waals surface area contributed by atoms with Crippen molar-refractivity contribution in [2.24, 2.45) is 0 Å². The molecule has 0 aromatic carbocycles. The molecule has 0 saturated carbocycles. The minimum Gasteiger partial charge on any atom is -0.481 e. The third-order valence-corrected chi connectivity index (χ3v) is 1.73. The van der Waals surface area contributed by atoms with Gasteiger partial charge >= 0.3 is 0 Å². The summed E-state index contributed by atoms with van der Waals surface area (Å²) >= 11 is 4.01. The Labute approximate surface area is 83.7 Å². The van der Waals surface area contributed by atoms with Gasteiger partial charge in [0.1, 0.15) is 0 Å². The molecular formula is C10H11NOS. The zero-order valence-corrected chi connectivity index (χ0v) is 8.56. The first-order valence-corrected chi connectivity index (χ1v) is 4.52. The van der Waals surface area contributed by atoms with E-state index < -0.39 is 0 Å². The predicted octanol–water partition coefficient (Wildman–Crippen LogP) is 1.68. The molecule has 1 aromatic heterocycles. The maximum atomic E-state index is 4.98. The van der Waals surface area contributed by atoms with E-state index >= 15 is 0 Å². The topological polar surface area (TPSA) is 22.1 Å². The Morgan fingerprint density at radius 3 is 2.85 bits per heavy atom. The molecule has 0 radical (unpaired) electrons. The molecule has 0 saturated heterocycles. The van der Waals surface area contributed by atoms with E-state index in [0.29, 0.717) is 11.6 Å². The first-order valence-electron chi connectivity index (χ1n) is 3.89. The Kier molecular flexibility index (Phi) is 3.66. The van der Waals surface area contributed by atoms with Crippen molar-refractivity contribution in [1.82, 2.24) is 4.98 Å². The lowest BCUT2D eigenvalue weighted by molar-refractivity contribution is 0.397. The average Bonchev–Trinajstić information content (AvgIpc) is 2.16. The molecule has 0 aliphatic heterocycles. The molecule has 0 bridgehead atoms. The van der Waals surface area contributed by atoms with Crippen LogP contribution in [-0.4, -0.2) is 17.8 Å². The monoisotopic (exact) mass is 193 g/mol. The fraction of sp³-hybridized carbons (Fsp3) is 0.300. The molecule has 0 atom stereocenters. The number of aryl methyl sites for hydroxylation is 1. The highest BCUT2D eigenvalue weighted by molar-refractivity contribution is 7.80. The number of methoxy groups -OCH3 is 1. The Hall–Kier alpha value is -1.14. The van der Waals surface area contributed by atoms with E-state index in [9.17, 15) is 0 Å². The van der Waals surface area contributed by atoms with Crippen LogP contribution >= 0.6 is 12.6 Å². The van der Waals surface area contributed by atoms with Crippen molar-refractivity contribution >= 4 is 12.6 Å². The van der Waals surface area contributed by atoms with Crippen LogP contribution in [0.3, 0.4) is 0 Å². The molecule has 0 fully saturated rings. The largest absolute Gasteiger partial charge is 0.481 e. The summed E-state index contributed by atoms with van der Waals surface area (Å²) in [5, 5.41) is 0. The lowest BCUT2D eigenvalue weighted by Crippen LogP contribution is -1.92. The second-order valence-corrected chi connectivity index (χ2v) is 2.76. The predicted molar refractivity (Wildman–Crippen MR) is 56.3 cm³/mol. The van der Waals surface area contributed by atoms with Crippen LogP contribution in [-0.2, 0) is 0 Å². The highest BCUT2D eigenvalue weighted by Gasteiger charge is 1.97. The Balaban J connectivity index is 2.98.